The molecule has 0 radical (unpaired) electrons. The molecule has 1 aromatic heterocycles. The van der Waals surface area contributed by atoms with Gasteiger partial charge in [0.1, 0.15) is 9.46 Å². The van der Waals surface area contributed by atoms with Crippen molar-refractivity contribution in [1.82, 2.24) is 0 Å². The van der Waals surface area contributed by atoms with Crippen LogP contribution in [-0.2, 0) is 9.84 Å². The molecule has 2 aromatic rings. The second-order valence-electron chi connectivity index (χ2n) is 3.76. The summed E-state index contributed by atoms with van der Waals surface area (Å²) < 4.78 is 25.2. The Hall–Kier alpha value is -0.880. The zero-order valence-electron chi connectivity index (χ0n) is 9.41. The predicted octanol–water partition coefficient (Wildman–Crippen LogP) is 2.88. The lowest BCUT2D eigenvalue weighted by molar-refractivity contribution is 0.584. The summed E-state index contributed by atoms with van der Waals surface area (Å²) in [6.45, 7) is 0.0283. The van der Waals surface area contributed by atoms with Crippen LogP contribution in [0.4, 0.5) is 0 Å². The maximum absolute atomic E-state index is 12.4. The van der Waals surface area contributed by atoms with Crippen molar-refractivity contribution in [3.63, 3.8) is 0 Å². The topological polar surface area (TPSA) is 60.2 Å². The molecule has 0 unspecified atom stereocenters. The average Bonchev–Trinajstić information content (AvgIpc) is 2.83. The maximum Gasteiger partial charge on any atom is 0.195 e. The van der Waals surface area contributed by atoms with Gasteiger partial charge in [0.25, 0.3) is 0 Å². The largest absolute Gasteiger partial charge is 0.329 e. The fraction of sp³-hybridized carbons (Fsp3) is 0.167. The van der Waals surface area contributed by atoms with Gasteiger partial charge in [0, 0.05) is 11.6 Å². The highest BCUT2D eigenvalue weighted by Gasteiger charge is 2.28. The number of nitrogens with two attached hydrogens (primary N) is 1. The van der Waals surface area contributed by atoms with Crippen LogP contribution in [0.1, 0.15) is 10.8 Å². The van der Waals surface area contributed by atoms with E-state index in [2.05, 4.69) is 0 Å². The van der Waals surface area contributed by atoms with E-state index in [0.29, 0.717) is 14.8 Å². The van der Waals surface area contributed by atoms with Gasteiger partial charge in [-0.05, 0) is 29.1 Å². The Morgan fingerprint density at radius 1 is 1.28 bits per heavy atom. The first-order valence-electron chi connectivity index (χ1n) is 5.28. The molecule has 1 aromatic carbocycles. The molecular formula is C12H12ClNO2S2. The summed E-state index contributed by atoms with van der Waals surface area (Å²) >= 11 is 7.08. The van der Waals surface area contributed by atoms with Crippen LogP contribution in [0.5, 0.6) is 0 Å². The fourth-order valence-electron chi connectivity index (χ4n) is 1.71. The van der Waals surface area contributed by atoms with E-state index in [4.69, 9.17) is 17.3 Å². The third kappa shape index (κ3) is 2.59. The van der Waals surface area contributed by atoms with Gasteiger partial charge in [0.2, 0.25) is 0 Å². The van der Waals surface area contributed by atoms with E-state index in [-0.39, 0.29) is 6.54 Å². The number of hydrogen-bond acceptors (Lipinski definition) is 4. The molecule has 0 amide bonds. The van der Waals surface area contributed by atoms with E-state index in [1.165, 1.54) is 11.3 Å². The third-order valence-electron chi connectivity index (χ3n) is 2.58. The van der Waals surface area contributed by atoms with Crippen molar-refractivity contribution in [2.45, 2.75) is 9.46 Å². The summed E-state index contributed by atoms with van der Waals surface area (Å²) in [5, 5.41) is 1.49. The van der Waals surface area contributed by atoms with Crippen molar-refractivity contribution in [1.29, 1.82) is 0 Å². The Morgan fingerprint density at radius 2 is 2.06 bits per heavy atom. The Bertz CT molecular complexity index is 623. The van der Waals surface area contributed by atoms with Crippen LogP contribution in [0.15, 0.2) is 46.0 Å². The zero-order valence-corrected chi connectivity index (χ0v) is 11.8. The normalized spacial score (nSPS) is 13.4. The lowest BCUT2D eigenvalue weighted by Gasteiger charge is -2.15. The number of halogens is 1. The summed E-state index contributed by atoms with van der Waals surface area (Å²) in [4.78, 5) is 0. The highest BCUT2D eigenvalue weighted by atomic mass is 35.5. The Kier molecular flexibility index (Phi) is 4.07. The zero-order chi connectivity index (χ0) is 13.2. The first kappa shape index (κ1) is 13.5. The highest BCUT2D eigenvalue weighted by Crippen LogP contribution is 2.31. The molecule has 0 saturated carbocycles. The van der Waals surface area contributed by atoms with Crippen molar-refractivity contribution >= 4 is 32.8 Å². The van der Waals surface area contributed by atoms with Crippen LogP contribution < -0.4 is 5.73 Å². The molecule has 0 fully saturated rings. The molecule has 0 aliphatic heterocycles. The van der Waals surface area contributed by atoms with Gasteiger partial charge in [-0.25, -0.2) is 8.42 Å². The van der Waals surface area contributed by atoms with E-state index in [1.54, 1.807) is 41.8 Å². The van der Waals surface area contributed by atoms with Gasteiger partial charge >= 0.3 is 0 Å². The SMILES string of the molecule is NC[C@@H](c1cccc(Cl)c1)S(=O)(=O)c1cccs1. The van der Waals surface area contributed by atoms with Gasteiger partial charge in [-0.15, -0.1) is 11.3 Å². The molecule has 0 aliphatic rings. The smallest absolute Gasteiger partial charge is 0.195 e. The first-order chi connectivity index (χ1) is 8.55. The molecule has 1 atom stereocenters. The van der Waals surface area contributed by atoms with Gasteiger partial charge < -0.3 is 5.73 Å². The minimum Gasteiger partial charge on any atom is -0.329 e. The second kappa shape index (κ2) is 5.40. The summed E-state index contributed by atoms with van der Waals surface area (Å²) in [5.41, 5.74) is 6.25. The second-order valence-corrected chi connectivity index (χ2v) is 7.50. The summed E-state index contributed by atoms with van der Waals surface area (Å²) in [5.74, 6) is 0. The number of sulfone groups is 1. The van der Waals surface area contributed by atoms with Crippen LogP contribution in [0.2, 0.25) is 5.02 Å². The Labute approximate surface area is 115 Å². The molecule has 0 bridgehead atoms. The van der Waals surface area contributed by atoms with Gasteiger partial charge in [-0.1, -0.05) is 29.8 Å². The van der Waals surface area contributed by atoms with Gasteiger partial charge in [-0.2, -0.15) is 0 Å². The van der Waals surface area contributed by atoms with Crippen molar-refractivity contribution < 1.29 is 8.42 Å². The lowest BCUT2D eigenvalue weighted by atomic mass is 10.1. The summed E-state index contributed by atoms with van der Waals surface area (Å²) in [6.07, 6.45) is 0. The number of hydrogen-bond donors (Lipinski definition) is 1. The maximum atomic E-state index is 12.4. The van der Waals surface area contributed by atoms with Crippen LogP contribution in [0, 0.1) is 0 Å². The van der Waals surface area contributed by atoms with Gasteiger partial charge in [0.05, 0.1) is 0 Å². The molecule has 3 nitrogen and oxygen atoms in total. The van der Waals surface area contributed by atoms with Crippen LogP contribution in [0.25, 0.3) is 0 Å². The van der Waals surface area contributed by atoms with Crippen molar-refractivity contribution in [2.24, 2.45) is 5.73 Å². The monoisotopic (exact) mass is 301 g/mol. The van der Waals surface area contributed by atoms with Crippen molar-refractivity contribution in [3.8, 4) is 0 Å². The highest BCUT2D eigenvalue weighted by molar-refractivity contribution is 7.93. The fourth-order valence-corrected chi connectivity index (χ4v) is 4.72. The number of thiophene rings is 1. The van der Waals surface area contributed by atoms with E-state index >= 15 is 0 Å². The molecule has 0 aliphatic carbocycles. The Balaban J connectivity index is 2.47. The molecule has 6 heteroatoms. The van der Waals surface area contributed by atoms with E-state index < -0.39 is 15.1 Å². The number of benzene rings is 1. The quantitative estimate of drug-likeness (QED) is 0.944. The van der Waals surface area contributed by atoms with E-state index in [1.807, 2.05) is 0 Å². The Morgan fingerprint density at radius 3 is 2.61 bits per heavy atom. The van der Waals surface area contributed by atoms with Crippen LogP contribution in [0.3, 0.4) is 0 Å². The third-order valence-corrected chi connectivity index (χ3v) is 6.38. The molecule has 0 saturated heterocycles. The van der Waals surface area contributed by atoms with E-state index in [0.717, 1.165) is 0 Å². The molecule has 1 heterocycles. The predicted molar refractivity (Wildman–Crippen MR) is 74.8 cm³/mol. The molecular weight excluding hydrogens is 290 g/mol. The first-order valence-corrected chi connectivity index (χ1v) is 8.09. The molecule has 18 heavy (non-hydrogen) atoms. The summed E-state index contributed by atoms with van der Waals surface area (Å²) in [7, 11) is -3.44. The van der Waals surface area contributed by atoms with Crippen LogP contribution in [-0.4, -0.2) is 15.0 Å². The van der Waals surface area contributed by atoms with Crippen molar-refractivity contribution in [3.05, 3.63) is 52.4 Å². The van der Waals surface area contributed by atoms with E-state index in [9.17, 15) is 8.42 Å². The standard InChI is InChI=1S/C12H12ClNO2S2/c13-10-4-1-3-9(7-10)11(8-14)18(15,16)12-5-2-6-17-12/h1-7,11H,8,14H2/t11-/m0/s1. The molecule has 2 N–H and O–H groups in total. The molecule has 2 rings (SSSR count). The van der Waals surface area contributed by atoms with Crippen LogP contribution >= 0.6 is 22.9 Å². The minimum absolute atomic E-state index is 0.0283. The minimum atomic E-state index is -3.44. The van der Waals surface area contributed by atoms with Gasteiger partial charge in [0.15, 0.2) is 9.84 Å². The molecule has 96 valence electrons. The summed E-state index contributed by atoms with van der Waals surface area (Å²) in [6, 6.07) is 10.1. The number of rotatable bonds is 4. The van der Waals surface area contributed by atoms with Gasteiger partial charge in [-0.3, -0.25) is 0 Å². The lowest BCUT2D eigenvalue weighted by Crippen LogP contribution is -2.21. The average molecular weight is 302 g/mol. The van der Waals surface area contributed by atoms with Crippen molar-refractivity contribution in [2.75, 3.05) is 6.54 Å². The molecule has 0 spiro atoms.